The van der Waals surface area contributed by atoms with Crippen molar-refractivity contribution in [3.63, 3.8) is 0 Å². The Morgan fingerprint density at radius 2 is 2.07 bits per heavy atom. The van der Waals surface area contributed by atoms with Gasteiger partial charge in [-0.3, -0.25) is 4.79 Å². The van der Waals surface area contributed by atoms with Gasteiger partial charge >= 0.3 is 6.03 Å². The molecule has 1 rings (SSSR count). The largest absolute Gasteiger partial charge is 0.459 e. The molecule has 82 valence electrons. The van der Waals surface area contributed by atoms with Crippen LogP contribution in [0.25, 0.3) is 0 Å². The minimum atomic E-state index is -0.293. The summed E-state index contributed by atoms with van der Waals surface area (Å²) in [6.45, 7) is 0.721. The van der Waals surface area contributed by atoms with E-state index in [-0.39, 0.29) is 17.7 Å². The lowest BCUT2D eigenvalue weighted by Gasteiger charge is -2.04. The molecule has 0 saturated heterocycles. The van der Waals surface area contributed by atoms with E-state index in [4.69, 9.17) is 4.42 Å². The van der Waals surface area contributed by atoms with Crippen molar-refractivity contribution in [1.82, 2.24) is 16.0 Å². The summed E-state index contributed by atoms with van der Waals surface area (Å²) >= 11 is 0. The maximum Gasteiger partial charge on any atom is 0.314 e. The normalized spacial score (nSPS) is 9.40. The van der Waals surface area contributed by atoms with Crippen LogP contribution in [0.4, 0.5) is 4.79 Å². The average molecular weight is 211 g/mol. The van der Waals surface area contributed by atoms with Crippen LogP contribution in [0, 0.1) is 0 Å². The van der Waals surface area contributed by atoms with Crippen molar-refractivity contribution in [2.24, 2.45) is 0 Å². The van der Waals surface area contributed by atoms with Crippen molar-refractivity contribution in [2.45, 2.75) is 0 Å². The van der Waals surface area contributed by atoms with E-state index in [0.29, 0.717) is 13.1 Å². The lowest BCUT2D eigenvalue weighted by Crippen LogP contribution is -2.38. The molecule has 1 aromatic rings. The Morgan fingerprint density at radius 3 is 2.67 bits per heavy atom. The molecule has 0 aromatic carbocycles. The Kier molecular flexibility index (Phi) is 4.21. The first-order valence-electron chi connectivity index (χ1n) is 4.51. The molecule has 15 heavy (non-hydrogen) atoms. The Balaban J connectivity index is 2.16. The summed E-state index contributed by atoms with van der Waals surface area (Å²) in [6.07, 6.45) is 1.43. The third kappa shape index (κ3) is 3.72. The van der Waals surface area contributed by atoms with Gasteiger partial charge in [0.05, 0.1) is 6.26 Å². The monoisotopic (exact) mass is 211 g/mol. The fraction of sp³-hybridized carbons (Fsp3) is 0.333. The van der Waals surface area contributed by atoms with E-state index in [9.17, 15) is 9.59 Å². The standard InChI is InChI=1S/C9H13N3O3/c1-10-9(14)12-5-4-11-8(13)7-3-2-6-15-7/h2-3,6H,4-5H2,1H3,(H,11,13)(H2,10,12,14). The van der Waals surface area contributed by atoms with Crippen LogP contribution in [0.2, 0.25) is 0 Å². The maximum absolute atomic E-state index is 11.3. The molecule has 0 bridgehead atoms. The zero-order chi connectivity index (χ0) is 11.1. The minimum absolute atomic E-state index is 0.259. The van der Waals surface area contributed by atoms with E-state index in [1.165, 1.54) is 13.3 Å². The van der Waals surface area contributed by atoms with Gasteiger partial charge in [0.25, 0.3) is 5.91 Å². The predicted molar refractivity (Wildman–Crippen MR) is 53.5 cm³/mol. The van der Waals surface area contributed by atoms with E-state index >= 15 is 0 Å². The second-order valence-electron chi connectivity index (χ2n) is 2.74. The highest BCUT2D eigenvalue weighted by molar-refractivity contribution is 5.91. The van der Waals surface area contributed by atoms with Crippen LogP contribution in [0.15, 0.2) is 22.8 Å². The summed E-state index contributed by atoms with van der Waals surface area (Å²) < 4.78 is 4.88. The Morgan fingerprint density at radius 1 is 1.33 bits per heavy atom. The highest BCUT2D eigenvalue weighted by Crippen LogP contribution is 1.98. The first-order chi connectivity index (χ1) is 7.24. The summed E-state index contributed by atoms with van der Waals surface area (Å²) in [5, 5.41) is 7.53. The van der Waals surface area contributed by atoms with Gasteiger partial charge in [-0.05, 0) is 12.1 Å². The van der Waals surface area contributed by atoms with Crippen molar-refractivity contribution in [2.75, 3.05) is 20.1 Å². The van der Waals surface area contributed by atoms with Gasteiger partial charge < -0.3 is 20.4 Å². The van der Waals surface area contributed by atoms with Crippen molar-refractivity contribution in [3.05, 3.63) is 24.2 Å². The average Bonchev–Trinajstić information content (AvgIpc) is 2.77. The first kappa shape index (κ1) is 11.1. The molecule has 0 atom stereocenters. The Bertz CT molecular complexity index is 321. The predicted octanol–water partition coefficient (Wildman–Crippen LogP) is -0.0616. The second-order valence-corrected chi connectivity index (χ2v) is 2.74. The fourth-order valence-electron chi connectivity index (χ4n) is 0.935. The van der Waals surface area contributed by atoms with Gasteiger partial charge in [-0.1, -0.05) is 0 Å². The smallest absolute Gasteiger partial charge is 0.314 e. The molecule has 0 spiro atoms. The summed E-state index contributed by atoms with van der Waals surface area (Å²) in [5.74, 6) is -0.0337. The summed E-state index contributed by atoms with van der Waals surface area (Å²) in [6, 6.07) is 2.93. The van der Waals surface area contributed by atoms with Crippen LogP contribution in [0.3, 0.4) is 0 Å². The van der Waals surface area contributed by atoms with E-state index in [1.807, 2.05) is 0 Å². The zero-order valence-corrected chi connectivity index (χ0v) is 8.37. The molecule has 0 saturated carbocycles. The van der Waals surface area contributed by atoms with Gasteiger partial charge in [0.15, 0.2) is 5.76 Å². The van der Waals surface area contributed by atoms with Crippen LogP contribution in [0.5, 0.6) is 0 Å². The quantitative estimate of drug-likeness (QED) is 0.610. The molecule has 0 fully saturated rings. The van der Waals surface area contributed by atoms with E-state index in [2.05, 4.69) is 16.0 Å². The third-order valence-corrected chi connectivity index (χ3v) is 1.67. The molecular formula is C9H13N3O3. The number of rotatable bonds is 4. The zero-order valence-electron chi connectivity index (χ0n) is 8.37. The Hall–Kier alpha value is -1.98. The first-order valence-corrected chi connectivity index (χ1v) is 4.51. The van der Waals surface area contributed by atoms with Crippen LogP contribution in [-0.4, -0.2) is 32.1 Å². The lowest BCUT2D eigenvalue weighted by atomic mass is 10.4. The highest BCUT2D eigenvalue weighted by atomic mass is 16.3. The van der Waals surface area contributed by atoms with Crippen molar-refractivity contribution in [3.8, 4) is 0 Å². The molecule has 3 amide bonds. The van der Waals surface area contributed by atoms with Crippen molar-refractivity contribution < 1.29 is 14.0 Å². The highest BCUT2D eigenvalue weighted by Gasteiger charge is 2.06. The van der Waals surface area contributed by atoms with Crippen LogP contribution >= 0.6 is 0 Å². The van der Waals surface area contributed by atoms with Gasteiger partial charge in [0.2, 0.25) is 0 Å². The lowest BCUT2D eigenvalue weighted by molar-refractivity contribution is 0.0926. The molecule has 6 nitrogen and oxygen atoms in total. The van der Waals surface area contributed by atoms with Gasteiger partial charge in [-0.25, -0.2) is 4.79 Å². The van der Waals surface area contributed by atoms with Crippen molar-refractivity contribution >= 4 is 11.9 Å². The number of furan rings is 1. The number of nitrogens with one attached hydrogen (secondary N) is 3. The number of amides is 3. The third-order valence-electron chi connectivity index (χ3n) is 1.67. The molecule has 0 aliphatic carbocycles. The van der Waals surface area contributed by atoms with Crippen molar-refractivity contribution in [1.29, 1.82) is 0 Å². The van der Waals surface area contributed by atoms with E-state index < -0.39 is 0 Å². The molecule has 0 aliphatic rings. The molecule has 0 aliphatic heterocycles. The Labute approximate surface area is 87.0 Å². The van der Waals surface area contributed by atoms with Gasteiger partial charge in [0.1, 0.15) is 0 Å². The molecule has 6 heteroatoms. The van der Waals surface area contributed by atoms with Crippen LogP contribution < -0.4 is 16.0 Å². The van der Waals surface area contributed by atoms with E-state index in [1.54, 1.807) is 12.1 Å². The topological polar surface area (TPSA) is 83.4 Å². The summed E-state index contributed by atoms with van der Waals surface area (Å²) in [4.78, 5) is 22.0. The molecule has 0 radical (unpaired) electrons. The van der Waals surface area contributed by atoms with Crippen LogP contribution in [-0.2, 0) is 0 Å². The van der Waals surface area contributed by atoms with Crippen LogP contribution in [0.1, 0.15) is 10.6 Å². The number of hydrogen-bond donors (Lipinski definition) is 3. The molecule has 3 N–H and O–H groups in total. The van der Waals surface area contributed by atoms with E-state index in [0.717, 1.165) is 0 Å². The second kappa shape index (κ2) is 5.69. The molecule has 1 heterocycles. The number of carbonyl (C=O) groups is 2. The fourth-order valence-corrected chi connectivity index (χ4v) is 0.935. The number of hydrogen-bond acceptors (Lipinski definition) is 3. The van der Waals surface area contributed by atoms with Gasteiger partial charge in [0, 0.05) is 20.1 Å². The maximum atomic E-state index is 11.3. The minimum Gasteiger partial charge on any atom is -0.459 e. The molecule has 0 unspecified atom stereocenters. The SMILES string of the molecule is CNC(=O)NCCNC(=O)c1ccco1. The molecular weight excluding hydrogens is 198 g/mol. The van der Waals surface area contributed by atoms with Gasteiger partial charge in [-0.2, -0.15) is 0 Å². The summed E-state index contributed by atoms with van der Waals surface area (Å²) in [7, 11) is 1.52. The number of carbonyl (C=O) groups excluding carboxylic acids is 2. The van der Waals surface area contributed by atoms with Gasteiger partial charge in [-0.15, -0.1) is 0 Å². The summed E-state index contributed by atoms with van der Waals surface area (Å²) in [5.41, 5.74) is 0. The molecule has 1 aromatic heterocycles. The number of urea groups is 1.